The number of pyridine rings is 2. The van der Waals surface area contributed by atoms with E-state index < -0.39 is 11.9 Å². The SMILES string of the molecule is COc1ccnc(C(=O)Nc2ccc3nc(Sc4ccccc4Cl)ccc3c2)c1OC(C)=O. The highest BCUT2D eigenvalue weighted by Crippen LogP contribution is 2.33. The zero-order chi connectivity index (χ0) is 23.4. The lowest BCUT2D eigenvalue weighted by Gasteiger charge is -2.12. The summed E-state index contributed by atoms with van der Waals surface area (Å²) in [5.74, 6) is -0.925. The van der Waals surface area contributed by atoms with Gasteiger partial charge in [-0.05, 0) is 36.4 Å². The minimum absolute atomic E-state index is 0.0336. The van der Waals surface area contributed by atoms with Crippen molar-refractivity contribution < 1.29 is 19.1 Å². The van der Waals surface area contributed by atoms with Crippen molar-refractivity contribution in [3.05, 3.63) is 77.6 Å². The molecule has 0 saturated heterocycles. The number of hydrogen-bond donors (Lipinski definition) is 1. The summed E-state index contributed by atoms with van der Waals surface area (Å²) in [5.41, 5.74) is 1.25. The van der Waals surface area contributed by atoms with Crippen molar-refractivity contribution in [1.82, 2.24) is 9.97 Å². The smallest absolute Gasteiger partial charge is 0.308 e. The van der Waals surface area contributed by atoms with E-state index in [1.165, 1.54) is 38.1 Å². The van der Waals surface area contributed by atoms with Crippen molar-refractivity contribution in [2.24, 2.45) is 0 Å². The van der Waals surface area contributed by atoms with Gasteiger partial charge in [-0.1, -0.05) is 41.6 Å². The van der Waals surface area contributed by atoms with E-state index in [1.807, 2.05) is 42.5 Å². The van der Waals surface area contributed by atoms with Crippen molar-refractivity contribution in [2.75, 3.05) is 12.4 Å². The van der Waals surface area contributed by atoms with Gasteiger partial charge in [-0.3, -0.25) is 9.59 Å². The number of nitrogens with one attached hydrogen (secondary N) is 1. The first-order valence-corrected chi connectivity index (χ1v) is 11.0. The highest BCUT2D eigenvalue weighted by molar-refractivity contribution is 7.99. The van der Waals surface area contributed by atoms with Gasteiger partial charge in [0.15, 0.2) is 11.4 Å². The normalized spacial score (nSPS) is 10.6. The molecule has 0 radical (unpaired) electrons. The Morgan fingerprint density at radius 2 is 1.88 bits per heavy atom. The fraction of sp³-hybridized carbons (Fsp3) is 0.0833. The second kappa shape index (κ2) is 9.89. The van der Waals surface area contributed by atoms with Crippen molar-refractivity contribution in [1.29, 1.82) is 0 Å². The van der Waals surface area contributed by atoms with Gasteiger partial charge in [-0.15, -0.1) is 0 Å². The molecule has 1 amide bonds. The monoisotopic (exact) mass is 479 g/mol. The van der Waals surface area contributed by atoms with Crippen LogP contribution in [0.15, 0.2) is 76.8 Å². The maximum Gasteiger partial charge on any atom is 0.308 e. The Hall–Kier alpha value is -3.62. The summed E-state index contributed by atoms with van der Waals surface area (Å²) in [6, 6.07) is 18.3. The number of anilines is 1. The molecule has 0 fully saturated rings. The molecule has 166 valence electrons. The Morgan fingerprint density at radius 3 is 2.64 bits per heavy atom. The van der Waals surface area contributed by atoms with Crippen LogP contribution in [0.3, 0.4) is 0 Å². The minimum atomic E-state index is -0.586. The summed E-state index contributed by atoms with van der Waals surface area (Å²) in [6.45, 7) is 1.24. The summed E-state index contributed by atoms with van der Waals surface area (Å²) in [7, 11) is 1.42. The van der Waals surface area contributed by atoms with Gasteiger partial charge >= 0.3 is 5.97 Å². The lowest BCUT2D eigenvalue weighted by molar-refractivity contribution is -0.132. The van der Waals surface area contributed by atoms with Crippen LogP contribution in [0.5, 0.6) is 11.5 Å². The predicted octanol–water partition coefficient (Wildman–Crippen LogP) is 5.62. The third-order valence-corrected chi connectivity index (χ3v) is 5.98. The van der Waals surface area contributed by atoms with Crippen LogP contribution in [0, 0.1) is 0 Å². The van der Waals surface area contributed by atoms with Gasteiger partial charge < -0.3 is 14.8 Å². The fourth-order valence-corrected chi connectivity index (χ4v) is 4.14. The number of benzene rings is 2. The summed E-state index contributed by atoms with van der Waals surface area (Å²) >= 11 is 7.72. The average Bonchev–Trinajstić information content (AvgIpc) is 2.80. The van der Waals surface area contributed by atoms with Gasteiger partial charge in [0.25, 0.3) is 5.91 Å². The maximum atomic E-state index is 12.9. The van der Waals surface area contributed by atoms with E-state index in [9.17, 15) is 9.59 Å². The van der Waals surface area contributed by atoms with Crippen LogP contribution >= 0.6 is 23.4 Å². The number of halogens is 1. The molecule has 0 aliphatic rings. The number of carbonyl (C=O) groups is 2. The van der Waals surface area contributed by atoms with Gasteiger partial charge in [-0.25, -0.2) is 9.97 Å². The number of esters is 1. The molecular formula is C24H18ClN3O4S. The maximum absolute atomic E-state index is 12.9. The lowest BCUT2D eigenvalue weighted by Crippen LogP contribution is -2.17. The Bertz CT molecular complexity index is 1360. The third-order valence-electron chi connectivity index (χ3n) is 4.52. The molecule has 2 aromatic heterocycles. The molecule has 33 heavy (non-hydrogen) atoms. The molecule has 0 atom stereocenters. The minimum Gasteiger partial charge on any atom is -0.493 e. The lowest BCUT2D eigenvalue weighted by atomic mass is 10.2. The topological polar surface area (TPSA) is 90.4 Å². The Labute approximate surface area is 199 Å². The first-order valence-electron chi connectivity index (χ1n) is 9.80. The van der Waals surface area contributed by atoms with Crippen molar-refractivity contribution >= 4 is 51.8 Å². The van der Waals surface area contributed by atoms with Crippen LogP contribution < -0.4 is 14.8 Å². The molecule has 0 aliphatic heterocycles. The summed E-state index contributed by atoms with van der Waals surface area (Å²) in [5, 5.41) is 5.09. The van der Waals surface area contributed by atoms with E-state index in [-0.39, 0.29) is 17.2 Å². The van der Waals surface area contributed by atoms with Gasteiger partial charge in [-0.2, -0.15) is 0 Å². The molecular weight excluding hydrogens is 462 g/mol. The van der Waals surface area contributed by atoms with Crippen LogP contribution in [0.4, 0.5) is 5.69 Å². The van der Waals surface area contributed by atoms with E-state index in [0.29, 0.717) is 10.7 Å². The standard InChI is InChI=1S/C24H18ClN3O4S/c1-14(29)32-23-19(31-2)11-12-26-22(23)24(30)27-16-8-9-18-15(13-16)7-10-21(28-18)33-20-6-4-3-5-17(20)25/h3-13H,1-2H3,(H,27,30). The number of amides is 1. The van der Waals surface area contributed by atoms with Crippen LogP contribution in [-0.4, -0.2) is 29.0 Å². The molecule has 7 nitrogen and oxygen atoms in total. The van der Waals surface area contributed by atoms with Gasteiger partial charge in [0.05, 0.1) is 17.6 Å². The van der Waals surface area contributed by atoms with Crippen LogP contribution in [0.2, 0.25) is 5.02 Å². The quantitative estimate of drug-likeness (QED) is 0.359. The van der Waals surface area contributed by atoms with Crippen LogP contribution in [0.25, 0.3) is 10.9 Å². The van der Waals surface area contributed by atoms with Crippen LogP contribution in [-0.2, 0) is 4.79 Å². The molecule has 4 rings (SSSR count). The Balaban J connectivity index is 1.57. The largest absolute Gasteiger partial charge is 0.493 e. The highest BCUT2D eigenvalue weighted by Gasteiger charge is 2.21. The molecule has 0 bridgehead atoms. The predicted molar refractivity (Wildman–Crippen MR) is 127 cm³/mol. The van der Waals surface area contributed by atoms with Crippen molar-refractivity contribution in [2.45, 2.75) is 16.8 Å². The fourth-order valence-electron chi connectivity index (χ4n) is 3.07. The van der Waals surface area contributed by atoms with Gasteiger partial charge in [0, 0.05) is 35.2 Å². The number of fused-ring (bicyclic) bond motifs is 1. The molecule has 0 aliphatic carbocycles. The number of ether oxygens (including phenoxy) is 2. The zero-order valence-corrected chi connectivity index (χ0v) is 19.2. The zero-order valence-electron chi connectivity index (χ0n) is 17.7. The number of hydrogen-bond acceptors (Lipinski definition) is 7. The van der Waals surface area contributed by atoms with E-state index in [1.54, 1.807) is 12.1 Å². The van der Waals surface area contributed by atoms with E-state index >= 15 is 0 Å². The van der Waals surface area contributed by atoms with Crippen molar-refractivity contribution in [3.63, 3.8) is 0 Å². The molecule has 0 spiro atoms. The molecule has 4 aromatic rings. The molecule has 0 saturated carbocycles. The number of aromatic nitrogens is 2. The third kappa shape index (κ3) is 5.24. The number of rotatable bonds is 6. The first kappa shape index (κ1) is 22.6. The molecule has 9 heteroatoms. The van der Waals surface area contributed by atoms with E-state index in [4.69, 9.17) is 21.1 Å². The van der Waals surface area contributed by atoms with Crippen molar-refractivity contribution in [3.8, 4) is 11.5 Å². The summed E-state index contributed by atoms with van der Waals surface area (Å²) in [4.78, 5) is 34.0. The van der Waals surface area contributed by atoms with E-state index in [0.717, 1.165) is 20.8 Å². The number of nitrogens with zero attached hydrogens (tertiary/aromatic N) is 2. The summed E-state index contributed by atoms with van der Waals surface area (Å²) in [6.07, 6.45) is 1.41. The average molecular weight is 480 g/mol. The molecule has 0 unspecified atom stereocenters. The number of carbonyl (C=O) groups excluding carboxylic acids is 2. The molecule has 1 N–H and O–H groups in total. The second-order valence-electron chi connectivity index (χ2n) is 6.83. The molecule has 2 aromatic carbocycles. The van der Waals surface area contributed by atoms with E-state index in [2.05, 4.69) is 15.3 Å². The second-order valence-corrected chi connectivity index (χ2v) is 8.30. The first-order chi connectivity index (χ1) is 15.9. The highest BCUT2D eigenvalue weighted by atomic mass is 35.5. The van der Waals surface area contributed by atoms with Crippen LogP contribution in [0.1, 0.15) is 17.4 Å². The van der Waals surface area contributed by atoms with Gasteiger partial charge in [0.2, 0.25) is 5.75 Å². The Kier molecular flexibility index (Phi) is 6.76. The molecule has 2 heterocycles. The van der Waals surface area contributed by atoms with Gasteiger partial charge in [0.1, 0.15) is 5.03 Å². The Morgan fingerprint density at radius 1 is 1.06 bits per heavy atom. The number of methoxy groups -OCH3 is 1. The summed E-state index contributed by atoms with van der Waals surface area (Å²) < 4.78 is 10.3.